The summed E-state index contributed by atoms with van der Waals surface area (Å²) in [5.41, 5.74) is 1.90. The molecule has 0 unspecified atom stereocenters. The van der Waals surface area contributed by atoms with Crippen LogP contribution in [0.3, 0.4) is 0 Å². The first-order valence-electron chi connectivity index (χ1n) is 9.62. The maximum atomic E-state index is 11.8. The molecule has 4 aliphatic carbocycles. The van der Waals surface area contributed by atoms with Gasteiger partial charge in [-0.05, 0) is 79.4 Å². The average molecular weight is 351 g/mol. The highest BCUT2D eigenvalue weighted by molar-refractivity contribution is 6.01. The van der Waals surface area contributed by atoms with Crippen LogP contribution in [-0.4, -0.2) is 16.9 Å². The van der Waals surface area contributed by atoms with Gasteiger partial charge in [0.1, 0.15) is 11.6 Å². The van der Waals surface area contributed by atoms with E-state index in [0.717, 1.165) is 44.1 Å². The van der Waals surface area contributed by atoms with Crippen molar-refractivity contribution in [2.24, 2.45) is 28.6 Å². The molecular formula is C22H25NO3. The molecule has 0 spiro atoms. The number of carbonyl (C=O) groups excluding carboxylic acids is 1. The quantitative estimate of drug-likeness (QED) is 0.567. The SMILES string of the molecule is C[C@]12C=CC(=O)C=C1CC[C@@H]1[C@@H]2CC[C@]2(C)C(=C(C#N)C(=O)O)CC[C@@H]12. The number of carboxylic acid groups (broad SMARTS) is 1. The lowest BCUT2D eigenvalue weighted by molar-refractivity contribution is -0.132. The maximum absolute atomic E-state index is 11.8. The number of nitriles is 1. The molecule has 5 atom stereocenters. The molecule has 4 aliphatic rings. The highest BCUT2D eigenvalue weighted by Gasteiger charge is 2.57. The van der Waals surface area contributed by atoms with Crippen molar-refractivity contribution >= 4 is 11.8 Å². The molecule has 0 saturated heterocycles. The van der Waals surface area contributed by atoms with E-state index in [9.17, 15) is 20.0 Å². The van der Waals surface area contributed by atoms with Crippen LogP contribution in [0, 0.1) is 39.9 Å². The van der Waals surface area contributed by atoms with E-state index in [1.165, 1.54) is 5.57 Å². The Kier molecular flexibility index (Phi) is 3.77. The van der Waals surface area contributed by atoms with Crippen LogP contribution in [0.25, 0.3) is 0 Å². The molecule has 3 fully saturated rings. The van der Waals surface area contributed by atoms with Crippen molar-refractivity contribution in [3.8, 4) is 6.07 Å². The minimum absolute atomic E-state index is 0.0285. The van der Waals surface area contributed by atoms with Crippen LogP contribution < -0.4 is 0 Å². The van der Waals surface area contributed by atoms with Gasteiger partial charge in [0.15, 0.2) is 5.78 Å². The fraction of sp³-hybridized carbons (Fsp3) is 0.591. The third-order valence-electron chi connectivity index (χ3n) is 7.97. The Bertz CT molecular complexity index is 827. The molecule has 26 heavy (non-hydrogen) atoms. The summed E-state index contributed by atoms with van der Waals surface area (Å²) in [5.74, 6) is 0.479. The van der Waals surface area contributed by atoms with Gasteiger partial charge in [0.2, 0.25) is 0 Å². The van der Waals surface area contributed by atoms with Gasteiger partial charge < -0.3 is 5.11 Å². The number of allylic oxidation sites excluding steroid dienone is 5. The van der Waals surface area contributed by atoms with Gasteiger partial charge in [-0.2, -0.15) is 5.26 Å². The monoisotopic (exact) mass is 351 g/mol. The van der Waals surface area contributed by atoms with E-state index in [2.05, 4.69) is 19.9 Å². The predicted molar refractivity (Wildman–Crippen MR) is 96.9 cm³/mol. The number of carboxylic acids is 1. The first-order chi connectivity index (χ1) is 12.3. The van der Waals surface area contributed by atoms with Gasteiger partial charge in [0.05, 0.1) is 0 Å². The van der Waals surface area contributed by atoms with Gasteiger partial charge in [-0.15, -0.1) is 0 Å². The molecule has 0 amide bonds. The van der Waals surface area contributed by atoms with Crippen LogP contribution in [0.15, 0.2) is 34.9 Å². The number of nitrogens with zero attached hydrogens (tertiary/aromatic N) is 1. The summed E-state index contributed by atoms with van der Waals surface area (Å²) in [6.07, 6.45) is 11.3. The second kappa shape index (κ2) is 5.67. The molecule has 4 heteroatoms. The van der Waals surface area contributed by atoms with Crippen molar-refractivity contribution in [1.29, 1.82) is 5.26 Å². The fourth-order valence-electron chi connectivity index (χ4n) is 6.67. The normalized spacial score (nSPS) is 42.9. The van der Waals surface area contributed by atoms with Crippen molar-refractivity contribution in [2.75, 3.05) is 0 Å². The topological polar surface area (TPSA) is 78.2 Å². The summed E-state index contributed by atoms with van der Waals surface area (Å²) < 4.78 is 0. The Morgan fingerprint density at radius 2 is 2.00 bits per heavy atom. The Labute approximate surface area is 154 Å². The van der Waals surface area contributed by atoms with Gasteiger partial charge in [-0.1, -0.05) is 25.5 Å². The van der Waals surface area contributed by atoms with Crippen LogP contribution in [-0.2, 0) is 9.59 Å². The van der Waals surface area contributed by atoms with E-state index in [0.29, 0.717) is 17.8 Å². The van der Waals surface area contributed by atoms with Gasteiger partial charge in [-0.3, -0.25) is 4.79 Å². The second-order valence-electron chi connectivity index (χ2n) is 8.87. The van der Waals surface area contributed by atoms with Crippen LogP contribution in [0.1, 0.15) is 52.4 Å². The number of aliphatic carboxylic acids is 1. The van der Waals surface area contributed by atoms with Gasteiger partial charge in [-0.25, -0.2) is 4.79 Å². The number of hydrogen-bond acceptors (Lipinski definition) is 3. The van der Waals surface area contributed by atoms with Crippen molar-refractivity contribution < 1.29 is 14.7 Å². The average Bonchev–Trinajstić information content (AvgIpc) is 2.93. The molecule has 1 N–H and O–H groups in total. The predicted octanol–water partition coefficient (Wildman–Crippen LogP) is 4.20. The summed E-state index contributed by atoms with van der Waals surface area (Å²) in [5, 5.41) is 18.8. The van der Waals surface area contributed by atoms with Gasteiger partial charge in [0.25, 0.3) is 0 Å². The molecule has 4 nitrogen and oxygen atoms in total. The van der Waals surface area contributed by atoms with E-state index in [-0.39, 0.29) is 22.2 Å². The molecule has 4 rings (SSSR count). The Morgan fingerprint density at radius 3 is 2.69 bits per heavy atom. The van der Waals surface area contributed by atoms with Crippen molar-refractivity contribution in [2.45, 2.75) is 52.4 Å². The maximum Gasteiger partial charge on any atom is 0.346 e. The number of ketones is 1. The highest BCUT2D eigenvalue weighted by Crippen LogP contribution is 2.66. The summed E-state index contributed by atoms with van der Waals surface area (Å²) in [4.78, 5) is 23.4. The molecule has 0 aliphatic heterocycles. The molecule has 0 aromatic rings. The first-order valence-corrected chi connectivity index (χ1v) is 9.62. The van der Waals surface area contributed by atoms with Crippen LogP contribution >= 0.6 is 0 Å². The fourth-order valence-corrected chi connectivity index (χ4v) is 6.67. The molecular weight excluding hydrogens is 326 g/mol. The minimum atomic E-state index is -1.08. The lowest BCUT2D eigenvalue weighted by atomic mass is 9.48. The summed E-state index contributed by atoms with van der Waals surface area (Å²) in [6.45, 7) is 4.45. The van der Waals surface area contributed by atoms with E-state index in [1.807, 2.05) is 12.1 Å². The largest absolute Gasteiger partial charge is 0.477 e. The van der Waals surface area contributed by atoms with E-state index in [4.69, 9.17) is 0 Å². The van der Waals surface area contributed by atoms with Gasteiger partial charge in [0, 0.05) is 5.41 Å². The Morgan fingerprint density at radius 1 is 1.23 bits per heavy atom. The van der Waals surface area contributed by atoms with Crippen LogP contribution in [0.5, 0.6) is 0 Å². The lowest BCUT2D eigenvalue weighted by Gasteiger charge is -2.56. The van der Waals surface area contributed by atoms with Crippen LogP contribution in [0.2, 0.25) is 0 Å². The molecule has 0 bridgehead atoms. The molecule has 0 aromatic carbocycles. The van der Waals surface area contributed by atoms with Crippen LogP contribution in [0.4, 0.5) is 0 Å². The third kappa shape index (κ3) is 2.19. The number of rotatable bonds is 1. The highest BCUT2D eigenvalue weighted by atomic mass is 16.4. The standard InChI is InChI=1S/C22H25NO3/c1-21-9-7-14(24)11-13(21)3-4-15-17-5-6-18(16(12-23)20(25)26)22(17,2)10-8-19(15)21/h7,9,11,15,17,19H,3-6,8,10H2,1-2H3,(H,25,26)/t15-,17-,19-,21-,22-/m0/s1. The number of hydrogen-bond donors (Lipinski definition) is 1. The molecule has 0 aromatic heterocycles. The van der Waals surface area contributed by atoms with Crippen molar-refractivity contribution in [3.63, 3.8) is 0 Å². The second-order valence-corrected chi connectivity index (χ2v) is 8.87. The van der Waals surface area contributed by atoms with E-state index < -0.39 is 5.97 Å². The van der Waals surface area contributed by atoms with Crippen molar-refractivity contribution in [1.82, 2.24) is 0 Å². The summed E-state index contributed by atoms with van der Waals surface area (Å²) >= 11 is 0. The molecule has 0 radical (unpaired) electrons. The van der Waals surface area contributed by atoms with E-state index in [1.54, 1.807) is 6.08 Å². The number of fused-ring (bicyclic) bond motifs is 5. The number of carbonyl (C=O) groups is 2. The van der Waals surface area contributed by atoms with Gasteiger partial charge >= 0.3 is 5.97 Å². The first kappa shape index (κ1) is 17.3. The lowest BCUT2D eigenvalue weighted by Crippen LogP contribution is -2.48. The Balaban J connectivity index is 1.72. The third-order valence-corrected chi connectivity index (χ3v) is 7.97. The smallest absolute Gasteiger partial charge is 0.346 e. The molecule has 3 saturated carbocycles. The zero-order chi connectivity index (χ0) is 18.7. The van der Waals surface area contributed by atoms with E-state index >= 15 is 0 Å². The zero-order valence-corrected chi connectivity index (χ0v) is 15.4. The minimum Gasteiger partial charge on any atom is -0.477 e. The summed E-state index contributed by atoms with van der Waals surface area (Å²) in [7, 11) is 0. The zero-order valence-electron chi connectivity index (χ0n) is 15.4. The molecule has 0 heterocycles. The van der Waals surface area contributed by atoms with Crippen molar-refractivity contribution in [3.05, 3.63) is 34.9 Å². The Hall–Kier alpha value is -2.15. The summed E-state index contributed by atoms with van der Waals surface area (Å²) in [6, 6.07) is 1.95. The molecule has 136 valence electrons.